The highest BCUT2D eigenvalue weighted by Gasteiger charge is 2.27. The molecule has 8 heteroatoms. The number of para-hydroxylation sites is 2. The number of oxazole rings is 1. The van der Waals surface area contributed by atoms with Gasteiger partial charge in [-0.1, -0.05) is 12.1 Å². The van der Waals surface area contributed by atoms with Crippen molar-refractivity contribution in [3.05, 3.63) is 34.8 Å². The van der Waals surface area contributed by atoms with E-state index in [-0.39, 0.29) is 30.9 Å². The minimum Gasteiger partial charge on any atom is -0.444 e. The van der Waals surface area contributed by atoms with Crippen LogP contribution in [0.5, 0.6) is 0 Å². The Balaban J connectivity index is 1.54. The molecule has 8 nitrogen and oxygen atoms in total. The molecule has 1 unspecified atom stereocenters. The summed E-state index contributed by atoms with van der Waals surface area (Å²) in [4.78, 5) is 40.5. The largest absolute Gasteiger partial charge is 0.444 e. The zero-order valence-corrected chi connectivity index (χ0v) is 18.2. The van der Waals surface area contributed by atoms with Gasteiger partial charge >= 0.3 is 11.8 Å². The van der Waals surface area contributed by atoms with E-state index in [0.717, 1.165) is 12.8 Å². The van der Waals surface area contributed by atoms with Gasteiger partial charge in [0.05, 0.1) is 5.52 Å². The van der Waals surface area contributed by atoms with Crippen molar-refractivity contribution in [3.8, 4) is 0 Å². The first kappa shape index (κ1) is 21.9. The van der Waals surface area contributed by atoms with E-state index in [1.54, 1.807) is 18.0 Å². The van der Waals surface area contributed by atoms with Gasteiger partial charge in [0.25, 0.3) is 0 Å². The molecule has 1 atom stereocenters. The van der Waals surface area contributed by atoms with Crippen LogP contribution in [0, 0.1) is 5.92 Å². The lowest BCUT2D eigenvalue weighted by Gasteiger charge is -2.35. The van der Waals surface area contributed by atoms with Gasteiger partial charge in [0.15, 0.2) is 5.58 Å². The molecular weight excluding hydrogens is 386 g/mol. The van der Waals surface area contributed by atoms with Crippen LogP contribution in [0.1, 0.15) is 40.0 Å². The summed E-state index contributed by atoms with van der Waals surface area (Å²) in [5.41, 5.74) is 0.693. The molecule has 0 spiro atoms. The third-order valence-electron chi connectivity index (χ3n) is 5.23. The van der Waals surface area contributed by atoms with E-state index >= 15 is 0 Å². The number of nitrogens with zero attached hydrogens (tertiary/aromatic N) is 3. The predicted octanol–water partition coefficient (Wildman–Crippen LogP) is 3.09. The van der Waals surface area contributed by atoms with Gasteiger partial charge in [-0.2, -0.15) is 0 Å². The fourth-order valence-corrected chi connectivity index (χ4v) is 3.83. The van der Waals surface area contributed by atoms with Crippen LogP contribution in [-0.4, -0.2) is 58.7 Å². The minimum absolute atomic E-state index is 0.0109. The lowest BCUT2D eigenvalue weighted by Crippen LogP contribution is -2.45. The van der Waals surface area contributed by atoms with Gasteiger partial charge in [0, 0.05) is 39.6 Å². The Morgan fingerprint density at radius 1 is 1.27 bits per heavy atom. The summed E-state index contributed by atoms with van der Waals surface area (Å²) in [6.45, 7) is 7.66. The number of hydrogen-bond donors (Lipinski definition) is 0. The number of carbonyl (C=O) groups is 2. The molecule has 0 radical (unpaired) electrons. The Bertz CT molecular complexity index is 956. The van der Waals surface area contributed by atoms with E-state index in [4.69, 9.17) is 9.15 Å². The Labute approximate surface area is 176 Å². The number of aryl methyl sites for hydroxylation is 1. The molecule has 2 heterocycles. The van der Waals surface area contributed by atoms with Crippen molar-refractivity contribution in [1.82, 2.24) is 14.4 Å². The number of amides is 2. The molecule has 1 fully saturated rings. The molecule has 1 aromatic heterocycles. The lowest BCUT2D eigenvalue weighted by molar-refractivity contribution is -0.133. The van der Waals surface area contributed by atoms with E-state index < -0.39 is 11.4 Å². The summed E-state index contributed by atoms with van der Waals surface area (Å²) in [6.07, 6.45) is 1.74. The van der Waals surface area contributed by atoms with Crippen molar-refractivity contribution in [2.45, 2.75) is 52.2 Å². The molecule has 0 saturated carbocycles. The first-order chi connectivity index (χ1) is 14.1. The van der Waals surface area contributed by atoms with Crippen LogP contribution in [0.15, 0.2) is 33.5 Å². The van der Waals surface area contributed by atoms with Gasteiger partial charge in [-0.15, -0.1) is 0 Å². The van der Waals surface area contributed by atoms with Crippen LogP contribution in [0.25, 0.3) is 11.1 Å². The molecule has 164 valence electrons. The smallest absolute Gasteiger partial charge is 0.419 e. The van der Waals surface area contributed by atoms with Crippen LogP contribution in [0.3, 0.4) is 0 Å². The summed E-state index contributed by atoms with van der Waals surface area (Å²) in [6, 6.07) is 7.20. The number of ether oxygens (including phenoxy) is 1. The normalized spacial score (nSPS) is 17.2. The highest BCUT2D eigenvalue weighted by Crippen LogP contribution is 2.20. The monoisotopic (exact) mass is 417 g/mol. The summed E-state index contributed by atoms with van der Waals surface area (Å²) in [5.74, 6) is -0.228. The quantitative estimate of drug-likeness (QED) is 0.746. The molecule has 1 aliphatic rings. The standard InChI is InChI=1S/C22H31N3O5/c1-22(2,3)30-20(27)23(4)14-16-8-7-12-24(15-16)19(26)11-13-25-17-9-5-6-10-18(17)29-21(25)28/h5-6,9-10,16H,7-8,11-15H2,1-4H3. The zero-order valence-electron chi connectivity index (χ0n) is 18.2. The van der Waals surface area contributed by atoms with E-state index in [1.165, 1.54) is 4.57 Å². The van der Waals surface area contributed by atoms with E-state index in [2.05, 4.69) is 0 Å². The van der Waals surface area contributed by atoms with E-state index in [9.17, 15) is 14.4 Å². The van der Waals surface area contributed by atoms with E-state index in [1.807, 2.05) is 43.9 Å². The van der Waals surface area contributed by atoms with Crippen LogP contribution in [-0.2, 0) is 16.1 Å². The van der Waals surface area contributed by atoms with Gasteiger partial charge in [-0.25, -0.2) is 9.59 Å². The maximum Gasteiger partial charge on any atom is 0.419 e. The zero-order chi connectivity index (χ0) is 21.9. The Kier molecular flexibility index (Phi) is 6.53. The van der Waals surface area contributed by atoms with Gasteiger partial charge in [-0.3, -0.25) is 9.36 Å². The maximum atomic E-state index is 12.8. The molecule has 2 aromatic rings. The number of piperidine rings is 1. The lowest BCUT2D eigenvalue weighted by atomic mass is 9.97. The molecule has 0 N–H and O–H groups in total. The van der Waals surface area contributed by atoms with Gasteiger partial charge in [0.2, 0.25) is 5.91 Å². The number of rotatable bonds is 5. The molecule has 3 rings (SSSR count). The van der Waals surface area contributed by atoms with E-state index in [0.29, 0.717) is 30.7 Å². The average Bonchev–Trinajstić information content (AvgIpc) is 3.00. The Morgan fingerprint density at radius 3 is 2.73 bits per heavy atom. The van der Waals surface area contributed by atoms with Crippen molar-refractivity contribution in [3.63, 3.8) is 0 Å². The van der Waals surface area contributed by atoms with Crippen molar-refractivity contribution >= 4 is 23.1 Å². The highest BCUT2D eigenvalue weighted by molar-refractivity contribution is 5.77. The Hall–Kier alpha value is -2.77. The number of aromatic nitrogens is 1. The minimum atomic E-state index is -0.532. The first-order valence-corrected chi connectivity index (χ1v) is 10.4. The molecule has 1 aliphatic heterocycles. The van der Waals surface area contributed by atoms with Crippen molar-refractivity contribution in [2.24, 2.45) is 5.92 Å². The van der Waals surface area contributed by atoms with Crippen molar-refractivity contribution in [1.29, 1.82) is 0 Å². The number of benzene rings is 1. The average molecular weight is 418 g/mol. The molecule has 0 aliphatic carbocycles. The number of hydrogen-bond acceptors (Lipinski definition) is 5. The number of carbonyl (C=O) groups excluding carboxylic acids is 2. The summed E-state index contributed by atoms with van der Waals surface area (Å²) >= 11 is 0. The molecule has 1 saturated heterocycles. The molecule has 1 aromatic carbocycles. The molecule has 30 heavy (non-hydrogen) atoms. The molecule has 2 amide bonds. The number of fused-ring (bicyclic) bond motifs is 1. The third kappa shape index (κ3) is 5.43. The fourth-order valence-electron chi connectivity index (χ4n) is 3.83. The van der Waals surface area contributed by atoms with Crippen LogP contribution in [0.2, 0.25) is 0 Å². The first-order valence-electron chi connectivity index (χ1n) is 10.4. The highest BCUT2D eigenvalue weighted by atomic mass is 16.6. The number of likely N-dealkylation sites (tertiary alicyclic amines) is 1. The van der Waals surface area contributed by atoms with Crippen molar-refractivity contribution in [2.75, 3.05) is 26.7 Å². The van der Waals surface area contributed by atoms with Gasteiger partial charge in [-0.05, 0) is 51.7 Å². The molecular formula is C22H31N3O5. The summed E-state index contributed by atoms with van der Waals surface area (Å²) in [5, 5.41) is 0. The second-order valence-electron chi connectivity index (χ2n) is 8.95. The van der Waals surface area contributed by atoms with Gasteiger partial charge < -0.3 is 19.0 Å². The summed E-state index contributed by atoms with van der Waals surface area (Å²) in [7, 11) is 1.73. The van der Waals surface area contributed by atoms with Crippen molar-refractivity contribution < 1.29 is 18.7 Å². The van der Waals surface area contributed by atoms with Crippen LogP contribution in [0.4, 0.5) is 4.79 Å². The second-order valence-corrected chi connectivity index (χ2v) is 8.95. The predicted molar refractivity (Wildman–Crippen MR) is 113 cm³/mol. The van der Waals surface area contributed by atoms with Gasteiger partial charge in [0.1, 0.15) is 5.60 Å². The summed E-state index contributed by atoms with van der Waals surface area (Å²) < 4.78 is 12.1. The third-order valence-corrected chi connectivity index (χ3v) is 5.23. The topological polar surface area (TPSA) is 85.0 Å². The van der Waals surface area contributed by atoms with Crippen LogP contribution >= 0.6 is 0 Å². The van der Waals surface area contributed by atoms with Crippen LogP contribution < -0.4 is 5.76 Å². The molecule has 0 bridgehead atoms. The second kappa shape index (κ2) is 8.93. The Morgan fingerprint density at radius 2 is 2.00 bits per heavy atom. The fraction of sp³-hybridized carbons (Fsp3) is 0.591. The SMILES string of the molecule is CN(CC1CCCN(C(=O)CCn2c(=O)oc3ccccc32)C1)C(=O)OC(C)(C)C. The maximum absolute atomic E-state index is 12.8.